The van der Waals surface area contributed by atoms with Crippen LogP contribution in [0.3, 0.4) is 0 Å². The van der Waals surface area contributed by atoms with Gasteiger partial charge in [-0.3, -0.25) is 4.90 Å². The van der Waals surface area contributed by atoms with Crippen molar-refractivity contribution in [2.24, 2.45) is 0 Å². The second-order valence-electron chi connectivity index (χ2n) is 4.90. The third-order valence-electron chi connectivity index (χ3n) is 3.90. The van der Waals surface area contributed by atoms with Gasteiger partial charge in [0.15, 0.2) is 0 Å². The number of halogens is 1. The molecule has 4 heteroatoms. The molecule has 0 aromatic heterocycles. The van der Waals surface area contributed by atoms with E-state index in [-0.39, 0.29) is 0 Å². The average Bonchev–Trinajstić information content (AvgIpc) is 2.85. The first-order chi connectivity index (χ1) is 8.63. The quantitative estimate of drug-likeness (QED) is 0.915. The fraction of sp³-hybridized carbons (Fsp3) is 0.571. The molecule has 1 aliphatic rings. The Hall–Kier alpha value is -0.220. The van der Waals surface area contributed by atoms with Crippen LogP contribution in [-0.2, 0) is 0 Å². The first-order valence-corrected chi connectivity index (χ1v) is 8.01. The van der Waals surface area contributed by atoms with Gasteiger partial charge in [0.25, 0.3) is 0 Å². The van der Waals surface area contributed by atoms with Gasteiger partial charge in [-0.25, -0.2) is 0 Å². The predicted molar refractivity (Wildman–Crippen MR) is 81.6 cm³/mol. The van der Waals surface area contributed by atoms with Gasteiger partial charge in [0, 0.05) is 35.4 Å². The van der Waals surface area contributed by atoms with Gasteiger partial charge in [0.05, 0.1) is 0 Å². The van der Waals surface area contributed by atoms with E-state index in [1.54, 1.807) is 0 Å². The predicted octanol–water partition coefficient (Wildman–Crippen LogP) is 3.04. The van der Waals surface area contributed by atoms with Crippen molar-refractivity contribution in [2.75, 3.05) is 26.4 Å². The zero-order chi connectivity index (χ0) is 13.1. The van der Waals surface area contributed by atoms with Gasteiger partial charge < -0.3 is 5.32 Å². The van der Waals surface area contributed by atoms with Gasteiger partial charge in [-0.15, -0.1) is 0 Å². The first-order valence-electron chi connectivity index (χ1n) is 6.34. The van der Waals surface area contributed by atoms with Gasteiger partial charge in [-0.1, -0.05) is 23.7 Å². The monoisotopic (exact) mass is 284 g/mol. The Morgan fingerprint density at radius 1 is 1.44 bits per heavy atom. The van der Waals surface area contributed by atoms with Crippen LogP contribution in [0.1, 0.15) is 18.5 Å². The van der Waals surface area contributed by atoms with Crippen molar-refractivity contribution in [3.8, 4) is 0 Å². The summed E-state index contributed by atoms with van der Waals surface area (Å²) in [6, 6.07) is 9.17. The van der Waals surface area contributed by atoms with Gasteiger partial charge >= 0.3 is 0 Å². The van der Waals surface area contributed by atoms with Gasteiger partial charge in [-0.2, -0.15) is 11.8 Å². The molecule has 1 N–H and O–H groups in total. The molecule has 0 amide bonds. The minimum absolute atomic E-state index is 0.392. The summed E-state index contributed by atoms with van der Waals surface area (Å²) in [6.45, 7) is 4.44. The van der Waals surface area contributed by atoms with Gasteiger partial charge in [-0.05, 0) is 37.9 Å². The standard InChI is InChI=1S/C14H21ClN2S/c1-10(11-5-4-6-12(15)7-11)17(2)13-8-16-9-14(13)18-3/h4-7,10,13-14,16H,8-9H2,1-3H3. The Labute approximate surface area is 119 Å². The van der Waals surface area contributed by atoms with Crippen molar-refractivity contribution >= 4 is 23.4 Å². The highest BCUT2D eigenvalue weighted by molar-refractivity contribution is 7.99. The third kappa shape index (κ3) is 3.02. The molecule has 0 spiro atoms. The maximum Gasteiger partial charge on any atom is 0.0409 e. The SMILES string of the molecule is CSC1CNCC1N(C)C(C)c1cccc(Cl)c1. The largest absolute Gasteiger partial charge is 0.314 e. The summed E-state index contributed by atoms with van der Waals surface area (Å²) in [5, 5.41) is 4.98. The summed E-state index contributed by atoms with van der Waals surface area (Å²) >= 11 is 8.03. The number of thioether (sulfide) groups is 1. The molecule has 0 bridgehead atoms. The molecule has 0 radical (unpaired) electrons. The zero-order valence-electron chi connectivity index (χ0n) is 11.2. The van der Waals surface area contributed by atoms with Crippen molar-refractivity contribution in [1.82, 2.24) is 10.2 Å². The smallest absolute Gasteiger partial charge is 0.0409 e. The lowest BCUT2D eigenvalue weighted by Gasteiger charge is -2.33. The van der Waals surface area contributed by atoms with Crippen molar-refractivity contribution in [1.29, 1.82) is 0 Å². The second kappa shape index (κ2) is 6.29. The van der Waals surface area contributed by atoms with E-state index in [1.807, 2.05) is 23.9 Å². The summed E-state index contributed by atoms with van der Waals surface area (Å²) in [5.74, 6) is 0. The summed E-state index contributed by atoms with van der Waals surface area (Å²) in [6.07, 6.45) is 2.20. The van der Waals surface area contributed by atoms with Crippen LogP contribution in [0.4, 0.5) is 0 Å². The van der Waals surface area contributed by atoms with Crippen LogP contribution in [0, 0.1) is 0 Å². The van der Waals surface area contributed by atoms with Crippen LogP contribution in [0.15, 0.2) is 24.3 Å². The minimum Gasteiger partial charge on any atom is -0.314 e. The van der Waals surface area contributed by atoms with Crippen molar-refractivity contribution < 1.29 is 0 Å². The molecule has 0 aliphatic carbocycles. The Kier molecular flexibility index (Phi) is 4.96. The number of hydrogen-bond donors (Lipinski definition) is 1. The average molecular weight is 285 g/mol. The van der Waals surface area contributed by atoms with Crippen molar-refractivity contribution in [3.05, 3.63) is 34.9 Å². The summed E-state index contributed by atoms with van der Waals surface area (Å²) in [7, 11) is 2.21. The van der Waals surface area contributed by atoms with Crippen LogP contribution in [-0.4, -0.2) is 42.6 Å². The molecule has 0 saturated carbocycles. The summed E-state index contributed by atoms with van der Waals surface area (Å²) in [4.78, 5) is 2.47. The molecule has 3 unspecified atom stereocenters. The molecule has 100 valence electrons. The van der Waals surface area contributed by atoms with Gasteiger partial charge in [0.2, 0.25) is 0 Å². The van der Waals surface area contributed by atoms with E-state index in [9.17, 15) is 0 Å². The van der Waals surface area contributed by atoms with Crippen LogP contribution in [0.5, 0.6) is 0 Å². The molecule has 2 nitrogen and oxygen atoms in total. The van der Waals surface area contributed by atoms with Crippen LogP contribution in [0.2, 0.25) is 5.02 Å². The second-order valence-corrected chi connectivity index (χ2v) is 6.41. The number of likely N-dealkylation sites (N-methyl/N-ethyl adjacent to an activating group) is 1. The highest BCUT2D eigenvalue weighted by Gasteiger charge is 2.31. The van der Waals surface area contributed by atoms with Crippen molar-refractivity contribution in [3.63, 3.8) is 0 Å². The lowest BCUT2D eigenvalue weighted by molar-refractivity contribution is 0.200. The molecule has 1 fully saturated rings. The van der Waals surface area contributed by atoms with E-state index in [1.165, 1.54) is 5.56 Å². The summed E-state index contributed by atoms with van der Waals surface area (Å²) in [5.41, 5.74) is 1.29. The van der Waals surface area contributed by atoms with E-state index in [2.05, 4.69) is 42.6 Å². The molecule has 18 heavy (non-hydrogen) atoms. The zero-order valence-corrected chi connectivity index (χ0v) is 12.8. The Balaban J connectivity index is 2.10. The maximum atomic E-state index is 6.07. The number of hydrogen-bond acceptors (Lipinski definition) is 3. The lowest BCUT2D eigenvalue weighted by atomic mass is 10.1. The molecule has 1 aliphatic heterocycles. The number of rotatable bonds is 4. The molecule has 1 heterocycles. The lowest BCUT2D eigenvalue weighted by Crippen LogP contribution is -2.40. The van der Waals surface area contributed by atoms with E-state index in [0.29, 0.717) is 17.3 Å². The fourth-order valence-electron chi connectivity index (χ4n) is 2.58. The molecule has 1 aromatic rings. The van der Waals surface area contributed by atoms with Gasteiger partial charge in [0.1, 0.15) is 0 Å². The van der Waals surface area contributed by atoms with E-state index in [4.69, 9.17) is 11.6 Å². The van der Waals surface area contributed by atoms with Crippen molar-refractivity contribution in [2.45, 2.75) is 24.3 Å². The Morgan fingerprint density at radius 3 is 2.89 bits per heavy atom. The number of nitrogens with zero attached hydrogens (tertiary/aromatic N) is 1. The topological polar surface area (TPSA) is 15.3 Å². The highest BCUT2D eigenvalue weighted by atomic mass is 35.5. The van der Waals surface area contributed by atoms with E-state index < -0.39 is 0 Å². The minimum atomic E-state index is 0.392. The molecule has 3 atom stereocenters. The Morgan fingerprint density at radius 2 is 2.22 bits per heavy atom. The third-order valence-corrected chi connectivity index (χ3v) is 5.22. The molecule has 1 saturated heterocycles. The Bertz CT molecular complexity index is 399. The van der Waals surface area contributed by atoms with Crippen LogP contribution >= 0.6 is 23.4 Å². The van der Waals surface area contributed by atoms with E-state index in [0.717, 1.165) is 18.1 Å². The normalized spacial score (nSPS) is 25.6. The molecule has 2 rings (SSSR count). The highest BCUT2D eigenvalue weighted by Crippen LogP contribution is 2.28. The van der Waals surface area contributed by atoms with Crippen LogP contribution < -0.4 is 5.32 Å². The molecular formula is C14H21ClN2S. The maximum absolute atomic E-state index is 6.07. The first kappa shape index (κ1) is 14.2. The fourth-order valence-corrected chi connectivity index (χ4v) is 3.66. The molecule has 1 aromatic carbocycles. The summed E-state index contributed by atoms with van der Waals surface area (Å²) < 4.78 is 0. The number of nitrogens with one attached hydrogen (secondary N) is 1. The molecular weight excluding hydrogens is 264 g/mol. The van der Waals surface area contributed by atoms with E-state index >= 15 is 0 Å². The number of benzene rings is 1. The van der Waals surface area contributed by atoms with Crippen LogP contribution in [0.25, 0.3) is 0 Å².